The molecule has 2 N–H and O–H groups in total. The Balaban J connectivity index is 1.61. The van der Waals surface area contributed by atoms with Gasteiger partial charge in [0.2, 0.25) is 0 Å². The predicted octanol–water partition coefficient (Wildman–Crippen LogP) is 5.33. The van der Waals surface area contributed by atoms with Crippen molar-refractivity contribution in [3.8, 4) is 0 Å². The van der Waals surface area contributed by atoms with Gasteiger partial charge in [0.1, 0.15) is 0 Å². The Bertz CT molecular complexity index is 1150. The van der Waals surface area contributed by atoms with Crippen molar-refractivity contribution in [2.45, 2.75) is 12.1 Å². The average molecular weight is 438 g/mol. The largest absolute Gasteiger partial charge is 0.280 e. The number of nitro groups is 1. The van der Waals surface area contributed by atoms with Crippen LogP contribution in [0.5, 0.6) is 0 Å². The number of hydrogen-bond donors (Lipinski definition) is 2. The zero-order chi connectivity index (χ0) is 22.6. The summed E-state index contributed by atoms with van der Waals surface area (Å²) in [4.78, 5) is 10.7. The molecule has 0 aliphatic carbocycles. The summed E-state index contributed by atoms with van der Waals surface area (Å²) in [7, 11) is 0. The van der Waals surface area contributed by atoms with Gasteiger partial charge in [-0.25, -0.2) is 10.5 Å². The first-order valence-corrected chi connectivity index (χ1v) is 10.7. The Morgan fingerprint density at radius 2 is 1.21 bits per heavy atom. The van der Waals surface area contributed by atoms with Crippen LogP contribution in [0.3, 0.4) is 0 Å². The highest BCUT2D eigenvalue weighted by molar-refractivity contribution is 5.55. The maximum Gasteiger partial charge on any atom is 0.269 e. The molecule has 0 bridgehead atoms. The predicted molar refractivity (Wildman–Crippen MR) is 129 cm³/mol. The van der Waals surface area contributed by atoms with E-state index in [2.05, 4.69) is 52.4 Å². The molecular weight excluding hydrogens is 414 g/mol. The van der Waals surface area contributed by atoms with E-state index in [1.165, 1.54) is 12.1 Å². The van der Waals surface area contributed by atoms with Gasteiger partial charge in [-0.15, -0.1) is 5.53 Å². The van der Waals surface area contributed by atoms with E-state index in [-0.39, 0.29) is 17.8 Å². The molecule has 1 saturated heterocycles. The van der Waals surface area contributed by atoms with Crippen LogP contribution in [0, 0.1) is 10.1 Å². The van der Waals surface area contributed by atoms with E-state index in [0.29, 0.717) is 0 Å². The van der Waals surface area contributed by atoms with Crippen molar-refractivity contribution in [1.82, 2.24) is 11.0 Å². The molecule has 5 rings (SSSR count). The lowest BCUT2D eigenvalue weighted by Crippen LogP contribution is -2.65. The Morgan fingerprint density at radius 1 is 0.667 bits per heavy atom. The summed E-state index contributed by atoms with van der Waals surface area (Å²) >= 11 is 0. The molecule has 1 fully saturated rings. The number of hydrazine groups is 3. The van der Waals surface area contributed by atoms with Crippen LogP contribution in [0.2, 0.25) is 0 Å². The number of nitro benzene ring substituents is 1. The number of anilines is 2. The minimum atomic E-state index is -0.394. The first kappa shape index (κ1) is 20.7. The zero-order valence-corrected chi connectivity index (χ0v) is 17.8. The lowest BCUT2D eigenvalue weighted by molar-refractivity contribution is -0.384. The number of nitrogens with zero attached hydrogens (tertiary/aromatic N) is 3. The second-order valence-electron chi connectivity index (χ2n) is 7.79. The zero-order valence-electron chi connectivity index (χ0n) is 17.8. The van der Waals surface area contributed by atoms with Crippen molar-refractivity contribution in [2.75, 3.05) is 10.1 Å². The second-order valence-corrected chi connectivity index (χ2v) is 7.79. The third-order valence-corrected chi connectivity index (χ3v) is 5.72. The molecular formula is C26H23N5O2. The average Bonchev–Trinajstić information content (AvgIpc) is 2.89. The maximum absolute atomic E-state index is 11.1. The maximum atomic E-state index is 11.1. The van der Waals surface area contributed by atoms with Gasteiger partial charge in [-0.2, -0.15) is 0 Å². The third-order valence-electron chi connectivity index (χ3n) is 5.72. The third kappa shape index (κ3) is 4.27. The normalized spacial score (nSPS) is 18.2. The van der Waals surface area contributed by atoms with Gasteiger partial charge in [0, 0.05) is 12.1 Å². The van der Waals surface area contributed by atoms with Crippen molar-refractivity contribution in [1.29, 1.82) is 0 Å². The van der Waals surface area contributed by atoms with E-state index in [4.69, 9.17) is 0 Å². The van der Waals surface area contributed by atoms with Crippen molar-refractivity contribution in [3.63, 3.8) is 0 Å². The van der Waals surface area contributed by atoms with Crippen LogP contribution in [0.15, 0.2) is 115 Å². The van der Waals surface area contributed by atoms with E-state index in [0.717, 1.165) is 22.5 Å². The minimum Gasteiger partial charge on any atom is -0.280 e. The van der Waals surface area contributed by atoms with Gasteiger partial charge in [-0.1, -0.05) is 78.9 Å². The second kappa shape index (κ2) is 9.12. The highest BCUT2D eigenvalue weighted by Gasteiger charge is 2.37. The summed E-state index contributed by atoms with van der Waals surface area (Å²) in [6.45, 7) is 0. The van der Waals surface area contributed by atoms with Crippen molar-refractivity contribution >= 4 is 17.1 Å². The molecule has 1 aliphatic heterocycles. The number of benzene rings is 4. The van der Waals surface area contributed by atoms with Crippen LogP contribution in [-0.2, 0) is 0 Å². The summed E-state index contributed by atoms with van der Waals surface area (Å²) in [6, 6.07) is 37.1. The molecule has 0 spiro atoms. The highest BCUT2D eigenvalue weighted by atomic mass is 16.6. The molecule has 0 amide bonds. The fourth-order valence-electron chi connectivity index (χ4n) is 4.13. The molecule has 0 radical (unpaired) electrons. The molecule has 33 heavy (non-hydrogen) atoms. The number of para-hydroxylation sites is 1. The van der Waals surface area contributed by atoms with Gasteiger partial charge in [0.25, 0.3) is 5.69 Å². The first-order chi connectivity index (χ1) is 16.2. The van der Waals surface area contributed by atoms with Gasteiger partial charge in [-0.3, -0.25) is 15.1 Å². The summed E-state index contributed by atoms with van der Waals surface area (Å²) in [5.74, 6) is 0. The molecule has 7 nitrogen and oxygen atoms in total. The molecule has 0 saturated carbocycles. The molecule has 7 heteroatoms. The van der Waals surface area contributed by atoms with E-state index in [1.54, 1.807) is 12.1 Å². The van der Waals surface area contributed by atoms with Gasteiger partial charge in [0.15, 0.2) is 0 Å². The van der Waals surface area contributed by atoms with Crippen LogP contribution >= 0.6 is 0 Å². The van der Waals surface area contributed by atoms with Gasteiger partial charge < -0.3 is 0 Å². The molecule has 4 aromatic rings. The molecule has 1 aliphatic rings. The molecule has 1 heterocycles. The fraction of sp³-hybridized carbons (Fsp3) is 0.0769. The molecule has 2 unspecified atom stereocenters. The molecule has 4 aromatic carbocycles. The Morgan fingerprint density at radius 3 is 1.79 bits per heavy atom. The topological polar surface area (TPSA) is 73.7 Å². The molecule has 2 atom stereocenters. The summed E-state index contributed by atoms with van der Waals surface area (Å²) in [5, 5.41) is 15.1. The van der Waals surface area contributed by atoms with Gasteiger partial charge >= 0.3 is 0 Å². The van der Waals surface area contributed by atoms with Crippen LogP contribution in [0.25, 0.3) is 0 Å². The number of rotatable bonds is 5. The SMILES string of the molecule is O=[N+]([O-])c1ccc(N2NC(c3ccccc3)C(c3ccccc3)N(c3ccccc3)N2)cc1. The van der Waals surface area contributed by atoms with Crippen molar-refractivity contribution in [3.05, 3.63) is 137 Å². The summed E-state index contributed by atoms with van der Waals surface area (Å²) in [6.07, 6.45) is 0. The smallest absolute Gasteiger partial charge is 0.269 e. The summed E-state index contributed by atoms with van der Waals surface area (Å²) in [5.41, 5.74) is 11.2. The molecule has 0 aromatic heterocycles. The lowest BCUT2D eigenvalue weighted by atomic mass is 9.92. The highest BCUT2D eigenvalue weighted by Crippen LogP contribution is 2.39. The quantitative estimate of drug-likeness (QED) is 0.325. The van der Waals surface area contributed by atoms with E-state index in [9.17, 15) is 10.1 Å². The van der Waals surface area contributed by atoms with Crippen LogP contribution in [0.1, 0.15) is 23.2 Å². The molecule has 164 valence electrons. The van der Waals surface area contributed by atoms with Crippen LogP contribution in [-0.4, -0.2) is 4.92 Å². The Labute approximate surface area is 192 Å². The van der Waals surface area contributed by atoms with Crippen LogP contribution in [0.4, 0.5) is 17.1 Å². The summed E-state index contributed by atoms with van der Waals surface area (Å²) < 4.78 is 0. The number of hydrogen-bond acceptors (Lipinski definition) is 6. The Kier molecular flexibility index (Phi) is 5.72. The lowest BCUT2D eigenvalue weighted by Gasteiger charge is -2.49. The number of non-ortho nitro benzene ring substituents is 1. The number of nitrogens with one attached hydrogen (secondary N) is 2. The fourth-order valence-corrected chi connectivity index (χ4v) is 4.13. The minimum absolute atomic E-state index is 0.0532. The monoisotopic (exact) mass is 437 g/mol. The standard InChI is InChI=1S/C26H23N5O2/c32-31(33)24-18-16-23(17-19-24)30-27-25(20-10-4-1-5-11-20)26(21-12-6-2-7-13-21)29(28-30)22-14-8-3-9-15-22/h1-19,25-28H. The Hall–Kier alpha value is -4.20. The van der Waals surface area contributed by atoms with Crippen LogP contribution < -0.4 is 21.1 Å². The first-order valence-electron chi connectivity index (χ1n) is 10.7. The van der Waals surface area contributed by atoms with Crippen molar-refractivity contribution < 1.29 is 4.92 Å². The van der Waals surface area contributed by atoms with E-state index < -0.39 is 4.92 Å². The van der Waals surface area contributed by atoms with Crippen molar-refractivity contribution in [2.24, 2.45) is 0 Å². The van der Waals surface area contributed by atoms with E-state index >= 15 is 0 Å². The van der Waals surface area contributed by atoms with Gasteiger partial charge in [0.05, 0.1) is 28.4 Å². The van der Waals surface area contributed by atoms with Gasteiger partial charge in [-0.05, 0) is 35.4 Å². The van der Waals surface area contributed by atoms with E-state index in [1.807, 2.05) is 59.7 Å².